The first-order chi connectivity index (χ1) is 10.6. The SMILES string of the molecule is CCC(C)NC(=O)CCCc1nc(-c2ccc(Cl)cc2)no1. The van der Waals surface area contributed by atoms with Crippen molar-refractivity contribution in [3.05, 3.63) is 35.2 Å². The van der Waals surface area contributed by atoms with Gasteiger partial charge in [0.15, 0.2) is 0 Å². The van der Waals surface area contributed by atoms with Gasteiger partial charge in [0.1, 0.15) is 0 Å². The van der Waals surface area contributed by atoms with Crippen LogP contribution in [0, 0.1) is 0 Å². The Morgan fingerprint density at radius 1 is 1.36 bits per heavy atom. The summed E-state index contributed by atoms with van der Waals surface area (Å²) in [6.07, 6.45) is 2.67. The molecule has 1 aromatic carbocycles. The lowest BCUT2D eigenvalue weighted by Gasteiger charge is -2.10. The van der Waals surface area contributed by atoms with Crippen LogP contribution in [-0.4, -0.2) is 22.1 Å². The lowest BCUT2D eigenvalue weighted by molar-refractivity contribution is -0.121. The Morgan fingerprint density at radius 2 is 2.09 bits per heavy atom. The third kappa shape index (κ3) is 4.84. The number of aryl methyl sites for hydroxylation is 1. The Hall–Kier alpha value is -1.88. The van der Waals surface area contributed by atoms with Gasteiger partial charge in [-0.3, -0.25) is 4.79 Å². The molecule has 0 saturated carbocycles. The van der Waals surface area contributed by atoms with Crippen LogP contribution in [0.2, 0.25) is 5.02 Å². The van der Waals surface area contributed by atoms with Crippen molar-refractivity contribution in [2.75, 3.05) is 0 Å². The molecule has 5 nitrogen and oxygen atoms in total. The maximum Gasteiger partial charge on any atom is 0.226 e. The summed E-state index contributed by atoms with van der Waals surface area (Å²) in [6.45, 7) is 4.04. The van der Waals surface area contributed by atoms with E-state index in [1.165, 1.54) is 0 Å². The van der Waals surface area contributed by atoms with E-state index < -0.39 is 0 Å². The molecule has 22 heavy (non-hydrogen) atoms. The molecule has 0 aliphatic rings. The molecule has 2 aromatic rings. The molecular weight excluding hydrogens is 302 g/mol. The second-order valence-corrected chi connectivity index (χ2v) is 5.69. The molecular formula is C16H20ClN3O2. The quantitative estimate of drug-likeness (QED) is 0.845. The number of rotatable bonds is 7. The summed E-state index contributed by atoms with van der Waals surface area (Å²) in [4.78, 5) is 16.0. The van der Waals surface area contributed by atoms with E-state index in [4.69, 9.17) is 16.1 Å². The van der Waals surface area contributed by atoms with Gasteiger partial charge in [-0.05, 0) is 44.0 Å². The topological polar surface area (TPSA) is 68.0 Å². The minimum absolute atomic E-state index is 0.0618. The Kier molecular flexibility index (Phi) is 5.95. The van der Waals surface area contributed by atoms with Crippen LogP contribution in [0.4, 0.5) is 0 Å². The highest BCUT2D eigenvalue weighted by molar-refractivity contribution is 6.30. The fraction of sp³-hybridized carbons (Fsp3) is 0.438. The standard InChI is InChI=1S/C16H20ClN3O2/c1-3-11(2)18-14(21)5-4-6-15-19-16(20-22-15)12-7-9-13(17)10-8-12/h7-11H,3-6H2,1-2H3,(H,18,21). The van der Waals surface area contributed by atoms with Crippen LogP contribution in [0.5, 0.6) is 0 Å². The number of hydrogen-bond acceptors (Lipinski definition) is 4. The second kappa shape index (κ2) is 7.94. The number of aromatic nitrogens is 2. The highest BCUT2D eigenvalue weighted by Gasteiger charge is 2.10. The average Bonchev–Trinajstić information content (AvgIpc) is 2.96. The van der Waals surface area contributed by atoms with Gasteiger partial charge in [0.05, 0.1) is 0 Å². The van der Waals surface area contributed by atoms with Crippen molar-refractivity contribution in [3.8, 4) is 11.4 Å². The number of nitrogens with one attached hydrogen (secondary N) is 1. The molecule has 1 heterocycles. The van der Waals surface area contributed by atoms with Gasteiger partial charge < -0.3 is 9.84 Å². The summed E-state index contributed by atoms with van der Waals surface area (Å²) >= 11 is 5.85. The molecule has 1 N–H and O–H groups in total. The van der Waals surface area contributed by atoms with Crippen LogP contribution in [-0.2, 0) is 11.2 Å². The molecule has 1 atom stereocenters. The van der Waals surface area contributed by atoms with Crippen molar-refractivity contribution in [1.82, 2.24) is 15.5 Å². The average molecular weight is 322 g/mol. The summed E-state index contributed by atoms with van der Waals surface area (Å²) < 4.78 is 5.21. The van der Waals surface area contributed by atoms with Crippen LogP contribution in [0.25, 0.3) is 11.4 Å². The number of halogens is 1. The Labute approximate surface area is 135 Å². The number of hydrogen-bond donors (Lipinski definition) is 1. The summed E-state index contributed by atoms with van der Waals surface area (Å²) in [5.41, 5.74) is 0.855. The van der Waals surface area contributed by atoms with Crippen molar-refractivity contribution in [2.45, 2.75) is 45.6 Å². The smallest absolute Gasteiger partial charge is 0.226 e. The Bertz CT molecular complexity index is 610. The molecule has 6 heteroatoms. The minimum atomic E-state index is 0.0618. The van der Waals surface area contributed by atoms with E-state index in [0.29, 0.717) is 36.0 Å². The van der Waals surface area contributed by atoms with Crippen LogP contribution < -0.4 is 5.32 Å². The van der Waals surface area contributed by atoms with Crippen LogP contribution in [0.1, 0.15) is 39.0 Å². The van der Waals surface area contributed by atoms with Gasteiger partial charge in [-0.2, -0.15) is 4.98 Å². The number of nitrogens with zero attached hydrogens (tertiary/aromatic N) is 2. The summed E-state index contributed by atoms with van der Waals surface area (Å²) in [5.74, 6) is 1.14. The van der Waals surface area contributed by atoms with E-state index >= 15 is 0 Å². The first kappa shape index (κ1) is 16.5. The van der Waals surface area contributed by atoms with Gasteiger partial charge in [-0.25, -0.2) is 0 Å². The molecule has 0 fully saturated rings. The normalized spacial score (nSPS) is 12.1. The summed E-state index contributed by atoms with van der Waals surface area (Å²) in [5, 5.41) is 7.55. The predicted octanol–water partition coefficient (Wildman–Crippen LogP) is 3.63. The van der Waals surface area contributed by atoms with E-state index in [9.17, 15) is 4.79 Å². The maximum absolute atomic E-state index is 11.7. The minimum Gasteiger partial charge on any atom is -0.354 e. The molecule has 2 rings (SSSR count). The number of carbonyl (C=O) groups is 1. The molecule has 0 aliphatic carbocycles. The molecule has 0 spiro atoms. The van der Waals surface area contributed by atoms with Gasteiger partial charge in [0.25, 0.3) is 0 Å². The van der Waals surface area contributed by atoms with E-state index in [2.05, 4.69) is 15.5 Å². The fourth-order valence-electron chi connectivity index (χ4n) is 1.92. The first-order valence-electron chi connectivity index (χ1n) is 7.46. The van der Waals surface area contributed by atoms with Gasteiger partial charge in [0.2, 0.25) is 17.6 Å². The Balaban J connectivity index is 1.82. The molecule has 0 radical (unpaired) electrons. The van der Waals surface area contributed by atoms with Crippen molar-refractivity contribution in [2.24, 2.45) is 0 Å². The molecule has 118 valence electrons. The zero-order chi connectivity index (χ0) is 15.9. The summed E-state index contributed by atoms with van der Waals surface area (Å²) in [7, 11) is 0. The first-order valence-corrected chi connectivity index (χ1v) is 7.84. The second-order valence-electron chi connectivity index (χ2n) is 5.25. The number of amides is 1. The molecule has 0 aliphatic heterocycles. The number of carbonyl (C=O) groups excluding carboxylic acids is 1. The van der Waals surface area contributed by atoms with Crippen molar-refractivity contribution in [3.63, 3.8) is 0 Å². The molecule has 1 aromatic heterocycles. The van der Waals surface area contributed by atoms with Crippen molar-refractivity contribution >= 4 is 17.5 Å². The van der Waals surface area contributed by atoms with Crippen LogP contribution >= 0.6 is 11.6 Å². The van der Waals surface area contributed by atoms with Crippen molar-refractivity contribution in [1.29, 1.82) is 0 Å². The zero-order valence-electron chi connectivity index (χ0n) is 12.8. The highest BCUT2D eigenvalue weighted by Crippen LogP contribution is 2.19. The number of benzene rings is 1. The van der Waals surface area contributed by atoms with E-state index in [-0.39, 0.29) is 11.9 Å². The largest absolute Gasteiger partial charge is 0.354 e. The van der Waals surface area contributed by atoms with Gasteiger partial charge in [-0.15, -0.1) is 0 Å². The monoisotopic (exact) mass is 321 g/mol. The van der Waals surface area contributed by atoms with E-state index in [0.717, 1.165) is 12.0 Å². The maximum atomic E-state index is 11.7. The van der Waals surface area contributed by atoms with E-state index in [1.54, 1.807) is 12.1 Å². The van der Waals surface area contributed by atoms with Crippen LogP contribution in [0.15, 0.2) is 28.8 Å². The summed E-state index contributed by atoms with van der Waals surface area (Å²) in [6, 6.07) is 7.47. The Morgan fingerprint density at radius 3 is 2.77 bits per heavy atom. The van der Waals surface area contributed by atoms with E-state index in [1.807, 2.05) is 26.0 Å². The van der Waals surface area contributed by atoms with Gasteiger partial charge >= 0.3 is 0 Å². The lowest BCUT2D eigenvalue weighted by Crippen LogP contribution is -2.31. The molecule has 1 unspecified atom stereocenters. The lowest BCUT2D eigenvalue weighted by atomic mass is 10.2. The zero-order valence-corrected chi connectivity index (χ0v) is 13.6. The predicted molar refractivity (Wildman–Crippen MR) is 85.6 cm³/mol. The van der Waals surface area contributed by atoms with Crippen LogP contribution in [0.3, 0.4) is 0 Å². The molecule has 0 bridgehead atoms. The molecule has 1 amide bonds. The fourth-order valence-corrected chi connectivity index (χ4v) is 2.05. The van der Waals surface area contributed by atoms with Gasteiger partial charge in [0, 0.05) is 29.5 Å². The molecule has 0 saturated heterocycles. The van der Waals surface area contributed by atoms with Gasteiger partial charge in [-0.1, -0.05) is 23.7 Å². The third-order valence-corrected chi connectivity index (χ3v) is 3.64. The van der Waals surface area contributed by atoms with Crippen molar-refractivity contribution < 1.29 is 9.32 Å². The highest BCUT2D eigenvalue weighted by atomic mass is 35.5. The third-order valence-electron chi connectivity index (χ3n) is 3.38.